The molecule has 2 aromatic rings. The molecule has 0 N–H and O–H groups in total. The Bertz CT molecular complexity index is 637. The van der Waals surface area contributed by atoms with E-state index < -0.39 is 0 Å². The van der Waals surface area contributed by atoms with Crippen LogP contribution in [0.1, 0.15) is 15.9 Å². The van der Waals surface area contributed by atoms with Crippen molar-refractivity contribution < 1.29 is 4.79 Å². The van der Waals surface area contributed by atoms with E-state index in [1.807, 2.05) is 42.5 Å². The molecule has 0 fully saturated rings. The number of carbonyl (C=O) groups excluding carboxylic acids is 1. The number of benzene rings is 2. The van der Waals surface area contributed by atoms with E-state index in [1.165, 1.54) is 0 Å². The van der Waals surface area contributed by atoms with E-state index in [0.29, 0.717) is 5.56 Å². The molecular formula is C15H8Br2O. The Hall–Kier alpha value is -1.37. The van der Waals surface area contributed by atoms with Crippen molar-refractivity contribution in [3.05, 3.63) is 68.6 Å². The predicted molar refractivity (Wildman–Crippen MR) is 79.5 cm³/mol. The van der Waals surface area contributed by atoms with E-state index in [4.69, 9.17) is 0 Å². The highest BCUT2D eigenvalue weighted by molar-refractivity contribution is 9.11. The van der Waals surface area contributed by atoms with Crippen molar-refractivity contribution in [1.29, 1.82) is 0 Å². The summed E-state index contributed by atoms with van der Waals surface area (Å²) in [4.78, 5) is 11.9. The van der Waals surface area contributed by atoms with Crippen molar-refractivity contribution >= 4 is 37.6 Å². The fraction of sp³-hybridized carbons (Fsp3) is 0. The lowest BCUT2D eigenvalue weighted by Gasteiger charge is -1.98. The molecule has 88 valence electrons. The van der Waals surface area contributed by atoms with Gasteiger partial charge in [0.15, 0.2) is 0 Å². The second-order valence-electron chi connectivity index (χ2n) is 3.57. The van der Waals surface area contributed by atoms with Gasteiger partial charge in [-0.25, -0.2) is 0 Å². The normalized spacial score (nSPS) is 9.44. The van der Waals surface area contributed by atoms with Gasteiger partial charge in [-0.15, -0.1) is 0 Å². The van der Waals surface area contributed by atoms with Crippen molar-refractivity contribution in [3.63, 3.8) is 0 Å². The number of halogens is 2. The first-order valence-electron chi connectivity index (χ1n) is 5.23. The molecule has 2 aromatic carbocycles. The molecular weight excluding hydrogens is 356 g/mol. The smallest absolute Gasteiger partial charge is 0.237 e. The van der Waals surface area contributed by atoms with E-state index in [2.05, 4.69) is 43.7 Å². The summed E-state index contributed by atoms with van der Waals surface area (Å²) < 4.78 is 1.66. The number of carbonyl (C=O) groups is 1. The Morgan fingerprint density at radius 1 is 1.00 bits per heavy atom. The monoisotopic (exact) mass is 362 g/mol. The van der Waals surface area contributed by atoms with Crippen molar-refractivity contribution in [1.82, 2.24) is 0 Å². The molecule has 2 rings (SSSR count). The van der Waals surface area contributed by atoms with Gasteiger partial charge in [0.25, 0.3) is 0 Å². The summed E-state index contributed by atoms with van der Waals surface area (Å²) in [6.07, 6.45) is 0. The third-order valence-electron chi connectivity index (χ3n) is 2.27. The lowest BCUT2D eigenvalue weighted by Crippen LogP contribution is -1.96. The first-order chi connectivity index (χ1) is 8.66. The van der Waals surface area contributed by atoms with Gasteiger partial charge in [0.05, 0.1) is 0 Å². The molecule has 0 unspecified atom stereocenters. The van der Waals surface area contributed by atoms with Crippen LogP contribution in [0.5, 0.6) is 0 Å². The van der Waals surface area contributed by atoms with Crippen molar-refractivity contribution in [3.8, 4) is 11.8 Å². The molecule has 0 spiro atoms. The van der Waals surface area contributed by atoms with Crippen molar-refractivity contribution in [2.75, 3.05) is 0 Å². The molecule has 0 saturated carbocycles. The second-order valence-corrected chi connectivity index (χ2v) is 5.34. The largest absolute Gasteiger partial charge is 0.279 e. The average Bonchev–Trinajstić information content (AvgIpc) is 2.37. The van der Waals surface area contributed by atoms with Crippen LogP contribution in [0.2, 0.25) is 0 Å². The second kappa shape index (κ2) is 5.99. The number of hydrogen-bond acceptors (Lipinski definition) is 1. The Morgan fingerprint density at radius 2 is 1.72 bits per heavy atom. The molecule has 0 heterocycles. The number of ketones is 1. The summed E-state index contributed by atoms with van der Waals surface area (Å²) in [6, 6.07) is 14.8. The van der Waals surface area contributed by atoms with Gasteiger partial charge < -0.3 is 0 Å². The van der Waals surface area contributed by atoms with E-state index in [1.54, 1.807) is 6.07 Å². The fourth-order valence-corrected chi connectivity index (χ4v) is 2.62. The lowest BCUT2D eigenvalue weighted by atomic mass is 10.1. The van der Waals surface area contributed by atoms with Gasteiger partial charge in [-0.1, -0.05) is 40.0 Å². The molecule has 0 aliphatic heterocycles. The van der Waals surface area contributed by atoms with Crippen LogP contribution in [0.3, 0.4) is 0 Å². The molecule has 0 atom stereocenters. The van der Waals surface area contributed by atoms with Crippen LogP contribution in [0, 0.1) is 11.8 Å². The summed E-state index contributed by atoms with van der Waals surface area (Å²) in [5.41, 5.74) is 1.40. The number of rotatable bonds is 1. The van der Waals surface area contributed by atoms with E-state index in [-0.39, 0.29) is 5.78 Å². The van der Waals surface area contributed by atoms with Gasteiger partial charge in [0.1, 0.15) is 0 Å². The quantitative estimate of drug-likeness (QED) is 0.540. The van der Waals surface area contributed by atoms with Crippen LogP contribution < -0.4 is 0 Å². The maximum Gasteiger partial charge on any atom is 0.237 e. The van der Waals surface area contributed by atoms with Crippen LogP contribution in [0.25, 0.3) is 0 Å². The minimum atomic E-state index is -0.196. The van der Waals surface area contributed by atoms with Crippen LogP contribution in [-0.2, 0) is 0 Å². The van der Waals surface area contributed by atoms with E-state index in [0.717, 1.165) is 14.5 Å². The zero-order valence-electron chi connectivity index (χ0n) is 9.28. The molecule has 0 aromatic heterocycles. The van der Waals surface area contributed by atoms with Crippen molar-refractivity contribution in [2.45, 2.75) is 0 Å². The minimum absolute atomic E-state index is 0.196. The minimum Gasteiger partial charge on any atom is -0.279 e. The highest BCUT2D eigenvalue weighted by Gasteiger charge is 2.07. The Balaban J connectivity index is 2.26. The van der Waals surface area contributed by atoms with Gasteiger partial charge in [-0.2, -0.15) is 0 Å². The maximum atomic E-state index is 11.9. The SMILES string of the molecule is O=C(C#Cc1ccccc1)c1ccc(Br)cc1Br. The topological polar surface area (TPSA) is 17.1 Å². The van der Waals surface area contributed by atoms with Gasteiger partial charge in [-0.3, -0.25) is 4.79 Å². The highest BCUT2D eigenvalue weighted by atomic mass is 79.9. The molecule has 0 aliphatic carbocycles. The Morgan fingerprint density at radius 3 is 2.39 bits per heavy atom. The molecule has 0 bridgehead atoms. The third-order valence-corrected chi connectivity index (χ3v) is 3.42. The molecule has 0 aliphatic rings. The van der Waals surface area contributed by atoms with Crippen LogP contribution >= 0.6 is 31.9 Å². The number of Topliss-reactive ketones (excluding diaryl/α,β-unsaturated/α-hetero) is 1. The predicted octanol–water partition coefficient (Wildman–Crippen LogP) is 4.45. The fourth-order valence-electron chi connectivity index (χ4n) is 1.39. The average molecular weight is 364 g/mol. The van der Waals surface area contributed by atoms with Gasteiger partial charge in [0, 0.05) is 20.1 Å². The van der Waals surface area contributed by atoms with Crippen LogP contribution in [0.4, 0.5) is 0 Å². The Labute approximate surface area is 122 Å². The van der Waals surface area contributed by atoms with E-state index >= 15 is 0 Å². The first kappa shape index (κ1) is 13.1. The highest BCUT2D eigenvalue weighted by Crippen LogP contribution is 2.22. The molecule has 0 saturated heterocycles. The first-order valence-corrected chi connectivity index (χ1v) is 6.82. The molecule has 0 amide bonds. The summed E-state index contributed by atoms with van der Waals surface area (Å²) in [7, 11) is 0. The molecule has 0 radical (unpaired) electrons. The third kappa shape index (κ3) is 3.32. The van der Waals surface area contributed by atoms with Crippen LogP contribution in [-0.4, -0.2) is 5.78 Å². The molecule has 1 nitrogen and oxygen atoms in total. The molecule has 3 heteroatoms. The van der Waals surface area contributed by atoms with Gasteiger partial charge in [0.2, 0.25) is 5.78 Å². The van der Waals surface area contributed by atoms with Crippen LogP contribution in [0.15, 0.2) is 57.5 Å². The van der Waals surface area contributed by atoms with Gasteiger partial charge >= 0.3 is 0 Å². The Kier molecular flexibility index (Phi) is 4.35. The standard InChI is InChI=1S/C15H8Br2O/c16-12-7-8-13(14(17)10-12)15(18)9-6-11-4-2-1-3-5-11/h1-5,7-8,10H. The maximum absolute atomic E-state index is 11.9. The van der Waals surface area contributed by atoms with Gasteiger partial charge in [-0.05, 0) is 52.2 Å². The van der Waals surface area contributed by atoms with Crippen molar-refractivity contribution in [2.24, 2.45) is 0 Å². The summed E-state index contributed by atoms with van der Waals surface area (Å²) in [5.74, 6) is 5.30. The summed E-state index contributed by atoms with van der Waals surface area (Å²) in [5, 5.41) is 0. The summed E-state index contributed by atoms with van der Waals surface area (Å²) >= 11 is 6.70. The zero-order valence-corrected chi connectivity index (χ0v) is 12.5. The summed E-state index contributed by atoms with van der Waals surface area (Å²) in [6.45, 7) is 0. The van der Waals surface area contributed by atoms with E-state index in [9.17, 15) is 4.79 Å². The lowest BCUT2D eigenvalue weighted by molar-refractivity contribution is 0.105. The zero-order chi connectivity index (χ0) is 13.0. The molecule has 18 heavy (non-hydrogen) atoms. The number of hydrogen-bond donors (Lipinski definition) is 0.